The van der Waals surface area contributed by atoms with E-state index in [9.17, 15) is 10.1 Å². The number of morpholine rings is 1. The van der Waals surface area contributed by atoms with Gasteiger partial charge in [0, 0.05) is 41.4 Å². The van der Waals surface area contributed by atoms with Crippen LogP contribution in [-0.4, -0.2) is 51.1 Å². The van der Waals surface area contributed by atoms with E-state index in [-0.39, 0.29) is 17.6 Å². The Morgan fingerprint density at radius 3 is 2.86 bits per heavy atom. The Morgan fingerprint density at radius 1 is 1.31 bits per heavy atom. The first-order valence-electron chi connectivity index (χ1n) is 12.2. The average molecular weight is 524 g/mol. The summed E-state index contributed by atoms with van der Waals surface area (Å²) in [5.74, 6) is 0.0135. The monoisotopic (exact) mass is 523 g/mol. The predicted octanol–water partition coefficient (Wildman–Crippen LogP) is 5.03. The van der Waals surface area contributed by atoms with Crippen LogP contribution in [0.15, 0.2) is 24.5 Å². The van der Waals surface area contributed by atoms with Gasteiger partial charge < -0.3 is 15.0 Å². The Labute approximate surface area is 220 Å². The van der Waals surface area contributed by atoms with Gasteiger partial charge in [0.2, 0.25) is 5.91 Å². The molecule has 4 heterocycles. The lowest BCUT2D eigenvalue weighted by atomic mass is 9.93. The van der Waals surface area contributed by atoms with Gasteiger partial charge in [-0.3, -0.25) is 4.79 Å². The van der Waals surface area contributed by atoms with Crippen LogP contribution in [0, 0.1) is 18.3 Å². The Morgan fingerprint density at radius 2 is 2.11 bits per heavy atom. The molecule has 2 atom stereocenters. The van der Waals surface area contributed by atoms with Crippen LogP contribution >= 0.6 is 22.9 Å². The number of benzene rings is 1. The molecular weight excluding hydrogens is 494 g/mol. The number of nitriles is 1. The fourth-order valence-electron chi connectivity index (χ4n) is 5.27. The molecule has 0 saturated carbocycles. The molecule has 9 heteroatoms. The third-order valence-electron chi connectivity index (χ3n) is 7.17. The van der Waals surface area contributed by atoms with Crippen LogP contribution in [0.3, 0.4) is 0 Å². The van der Waals surface area contributed by atoms with Gasteiger partial charge in [0.1, 0.15) is 11.9 Å². The smallest absolute Gasteiger partial charge is 0.224 e. The van der Waals surface area contributed by atoms with Crippen LogP contribution in [0.2, 0.25) is 5.02 Å². The molecule has 2 aliphatic rings. The first-order valence-corrected chi connectivity index (χ1v) is 13.4. The summed E-state index contributed by atoms with van der Waals surface area (Å²) in [4.78, 5) is 24.4. The number of nitrogens with zero attached hydrogens (tertiary/aromatic N) is 4. The number of ether oxygens (including phenoxy) is 1. The van der Waals surface area contributed by atoms with Crippen LogP contribution < -0.4 is 5.32 Å². The molecule has 0 bridgehead atoms. The van der Waals surface area contributed by atoms with Gasteiger partial charge in [-0.15, -0.1) is 11.3 Å². The highest BCUT2D eigenvalue weighted by Gasteiger charge is 2.42. The molecule has 36 heavy (non-hydrogen) atoms. The number of thiophene rings is 1. The highest BCUT2D eigenvalue weighted by molar-refractivity contribution is 7.19. The number of nitrogens with one attached hydrogen (secondary N) is 1. The second-order valence-corrected chi connectivity index (χ2v) is 12.2. The van der Waals surface area contributed by atoms with E-state index in [1.54, 1.807) is 22.6 Å². The highest BCUT2D eigenvalue weighted by atomic mass is 35.5. The standard InChI is InChI=1S/C27H30ClN5O2S/c1-16-7-17(28)8-21(20(16)9-18-11-30-14-26(2,3)35-18)24-25-22(31-15-32-24)10-19(36-25)12-33-23(34)5-6-27(33,4)13-29/h7-8,10,15,18,30H,5-6,9,11-12,14H2,1-4H3/t18-,27?/m0/s1. The molecule has 2 fully saturated rings. The highest BCUT2D eigenvalue weighted by Crippen LogP contribution is 2.39. The molecule has 188 valence electrons. The summed E-state index contributed by atoms with van der Waals surface area (Å²) < 4.78 is 7.32. The summed E-state index contributed by atoms with van der Waals surface area (Å²) >= 11 is 8.10. The maximum atomic E-state index is 12.5. The number of hydrogen-bond acceptors (Lipinski definition) is 7. The zero-order chi connectivity index (χ0) is 25.7. The molecule has 0 spiro atoms. The molecule has 1 N–H and O–H groups in total. The number of likely N-dealkylation sites (tertiary alicyclic amines) is 1. The fraction of sp³-hybridized carbons (Fsp3) is 0.481. The lowest BCUT2D eigenvalue weighted by molar-refractivity contribution is -0.130. The van der Waals surface area contributed by atoms with Crippen LogP contribution in [0.25, 0.3) is 21.5 Å². The minimum atomic E-state index is -0.777. The van der Waals surface area contributed by atoms with Crippen LogP contribution in [0.5, 0.6) is 0 Å². The molecule has 1 unspecified atom stereocenters. The number of rotatable bonds is 5. The first kappa shape index (κ1) is 25.1. The summed E-state index contributed by atoms with van der Waals surface area (Å²) in [6.45, 7) is 10.1. The molecule has 3 aromatic rings. The largest absolute Gasteiger partial charge is 0.369 e. The lowest BCUT2D eigenvalue weighted by Crippen LogP contribution is -2.51. The zero-order valence-electron chi connectivity index (χ0n) is 21.0. The molecule has 5 rings (SSSR count). The molecule has 2 aromatic heterocycles. The van der Waals surface area contributed by atoms with Gasteiger partial charge in [-0.1, -0.05) is 11.6 Å². The normalized spacial score (nSPS) is 23.8. The van der Waals surface area contributed by atoms with Gasteiger partial charge in [0.05, 0.1) is 40.2 Å². The van der Waals surface area contributed by atoms with Crippen molar-refractivity contribution in [1.82, 2.24) is 20.2 Å². The van der Waals surface area contributed by atoms with Crippen molar-refractivity contribution in [2.75, 3.05) is 13.1 Å². The van der Waals surface area contributed by atoms with Crippen LogP contribution in [0.1, 0.15) is 49.6 Å². The van der Waals surface area contributed by atoms with Crippen molar-refractivity contribution in [3.63, 3.8) is 0 Å². The summed E-state index contributed by atoms with van der Waals surface area (Å²) in [5, 5.41) is 13.8. The van der Waals surface area contributed by atoms with Crippen molar-refractivity contribution in [3.05, 3.63) is 45.6 Å². The maximum Gasteiger partial charge on any atom is 0.224 e. The van der Waals surface area contributed by atoms with E-state index in [1.165, 1.54) is 0 Å². The van der Waals surface area contributed by atoms with Crippen molar-refractivity contribution < 1.29 is 9.53 Å². The number of carbonyl (C=O) groups is 1. The molecule has 2 saturated heterocycles. The lowest BCUT2D eigenvalue weighted by Gasteiger charge is -2.37. The molecule has 0 aliphatic carbocycles. The predicted molar refractivity (Wildman–Crippen MR) is 142 cm³/mol. The number of fused-ring (bicyclic) bond motifs is 1. The van der Waals surface area contributed by atoms with Crippen molar-refractivity contribution in [3.8, 4) is 17.3 Å². The summed E-state index contributed by atoms with van der Waals surface area (Å²) in [6, 6.07) is 8.29. The van der Waals surface area contributed by atoms with E-state index in [0.717, 1.165) is 57.0 Å². The Bertz CT molecular complexity index is 1380. The average Bonchev–Trinajstić information content (AvgIpc) is 3.36. The van der Waals surface area contributed by atoms with Gasteiger partial charge >= 0.3 is 0 Å². The topological polar surface area (TPSA) is 91.1 Å². The van der Waals surface area contributed by atoms with E-state index in [2.05, 4.69) is 37.1 Å². The van der Waals surface area contributed by atoms with E-state index in [0.29, 0.717) is 24.4 Å². The second-order valence-electron chi connectivity index (χ2n) is 10.6. The second kappa shape index (κ2) is 9.38. The Balaban J connectivity index is 1.53. The van der Waals surface area contributed by atoms with Crippen molar-refractivity contribution >= 4 is 39.1 Å². The summed E-state index contributed by atoms with van der Waals surface area (Å²) in [6.07, 6.45) is 3.31. The zero-order valence-corrected chi connectivity index (χ0v) is 22.6. The Kier molecular flexibility index (Phi) is 6.54. The third kappa shape index (κ3) is 4.73. The number of aromatic nitrogens is 2. The van der Waals surface area contributed by atoms with Crippen LogP contribution in [-0.2, 0) is 22.5 Å². The van der Waals surface area contributed by atoms with Gasteiger partial charge in [-0.25, -0.2) is 9.97 Å². The number of aryl methyl sites for hydroxylation is 1. The van der Waals surface area contributed by atoms with E-state index >= 15 is 0 Å². The van der Waals surface area contributed by atoms with Crippen molar-refractivity contribution in [2.45, 2.75) is 70.7 Å². The van der Waals surface area contributed by atoms with Crippen molar-refractivity contribution in [2.24, 2.45) is 0 Å². The fourth-order valence-corrected chi connectivity index (χ4v) is 6.64. The maximum absolute atomic E-state index is 12.5. The number of carbonyl (C=O) groups excluding carboxylic acids is 1. The molecule has 0 radical (unpaired) electrons. The third-order valence-corrected chi connectivity index (χ3v) is 8.51. The SMILES string of the molecule is Cc1cc(Cl)cc(-c2ncnc3cc(CN4C(=O)CCC4(C)C#N)sc23)c1C[C@H]1CNCC(C)(C)O1. The number of halogens is 1. The van der Waals surface area contributed by atoms with E-state index in [4.69, 9.17) is 21.3 Å². The minimum absolute atomic E-state index is 0.0135. The minimum Gasteiger partial charge on any atom is -0.369 e. The first-order chi connectivity index (χ1) is 17.1. The van der Waals surface area contributed by atoms with Crippen LogP contribution in [0.4, 0.5) is 0 Å². The molecular formula is C27H30ClN5O2S. The summed E-state index contributed by atoms with van der Waals surface area (Å²) in [7, 11) is 0. The molecule has 2 aliphatic heterocycles. The molecule has 1 amide bonds. The molecule has 1 aromatic carbocycles. The quantitative estimate of drug-likeness (QED) is 0.504. The van der Waals surface area contributed by atoms with Gasteiger partial charge in [-0.2, -0.15) is 5.26 Å². The number of amides is 1. The van der Waals surface area contributed by atoms with Gasteiger partial charge in [0.15, 0.2) is 0 Å². The number of hydrogen-bond donors (Lipinski definition) is 1. The summed E-state index contributed by atoms with van der Waals surface area (Å²) in [5.41, 5.74) is 3.89. The molecule has 7 nitrogen and oxygen atoms in total. The van der Waals surface area contributed by atoms with Crippen molar-refractivity contribution in [1.29, 1.82) is 5.26 Å². The van der Waals surface area contributed by atoms with E-state index < -0.39 is 5.54 Å². The van der Waals surface area contributed by atoms with E-state index in [1.807, 2.05) is 25.1 Å². The Hall–Kier alpha value is -2.57. The van der Waals surface area contributed by atoms with Gasteiger partial charge in [-0.05, 0) is 63.4 Å². The van der Waals surface area contributed by atoms with Gasteiger partial charge in [0.25, 0.3) is 0 Å².